The Balaban J connectivity index is 0.000000199. The SMILES string of the molecule is CC(C)[C@H](N)C(=O)OC[C@H]1O[C@@H](n2c3c(sc2=O)C(O)N=C(N)N3)[C@H](O)[C@@H]1O.Nc1nc2c(sc(=O)n2[C@@H]2O[C@H](CO)[C@@H](O)[C@H]2O)c(=O)[nH]1. The highest BCUT2D eigenvalue weighted by Gasteiger charge is 2.47. The van der Waals surface area contributed by atoms with Gasteiger partial charge in [0.25, 0.3) is 5.56 Å². The molecule has 14 N–H and O–H groups in total. The number of nitrogens with one attached hydrogen (secondary N) is 2. The molecule has 24 heteroatoms. The second kappa shape index (κ2) is 14.2. The zero-order chi connectivity index (χ0) is 36.1. The van der Waals surface area contributed by atoms with Gasteiger partial charge in [-0.2, -0.15) is 4.98 Å². The maximum Gasteiger partial charge on any atom is 0.323 e. The average molecular weight is 734 g/mol. The molecule has 1 unspecified atom stereocenters. The molecule has 0 aromatic carbocycles. The van der Waals surface area contributed by atoms with Crippen LogP contribution in [0.4, 0.5) is 11.8 Å². The fourth-order valence-electron chi connectivity index (χ4n) is 5.15. The molecule has 3 aromatic heterocycles. The number of nitrogens with zero attached hydrogens (tertiary/aromatic N) is 4. The standard InChI is InChI=1S/C15H23N5O7S.C10H12N4O6S/c1-4(2)6(16)13(24)26-3-5-7(21)8(22)12(27-5)20-10-9(28-15(20)25)11(23)19-14(17)18-10;11-9-12-6-5(7(18)13-9)21-10(19)14(6)8-4(17)3(16)2(1-15)20-8/h4-8,11-12,21-23H,3,16H2,1-2H3,(H3,17,18,19);2-4,8,15-17H,1H2,(H3,11,12,13,18)/t5-,6+,7-,8-,11?,12-;2-,3-,4-,8-/m11/s1. The monoisotopic (exact) mass is 733 g/mol. The van der Waals surface area contributed by atoms with Crippen molar-refractivity contribution in [3.8, 4) is 0 Å². The first-order valence-corrected chi connectivity index (χ1v) is 16.2. The van der Waals surface area contributed by atoms with E-state index in [-0.39, 0.29) is 45.5 Å². The number of nitrogens with two attached hydrogens (primary N) is 3. The van der Waals surface area contributed by atoms with Crippen molar-refractivity contribution in [2.75, 3.05) is 24.3 Å². The molecule has 2 saturated heterocycles. The van der Waals surface area contributed by atoms with Crippen LogP contribution in [0.25, 0.3) is 10.3 Å². The summed E-state index contributed by atoms with van der Waals surface area (Å²) in [6.45, 7) is 2.64. The maximum absolute atomic E-state index is 12.4. The smallest absolute Gasteiger partial charge is 0.323 e. The lowest BCUT2D eigenvalue weighted by Gasteiger charge is -2.22. The number of H-pyrrole nitrogens is 1. The van der Waals surface area contributed by atoms with Crippen LogP contribution in [0.15, 0.2) is 19.4 Å². The number of guanidine groups is 1. The van der Waals surface area contributed by atoms with Gasteiger partial charge in [-0.15, -0.1) is 0 Å². The summed E-state index contributed by atoms with van der Waals surface area (Å²) in [5.74, 6) is -0.993. The third kappa shape index (κ3) is 6.84. The predicted octanol–water partition coefficient (Wildman–Crippen LogP) is -4.87. The molecule has 6 heterocycles. The van der Waals surface area contributed by atoms with E-state index < -0.39 is 89.2 Å². The van der Waals surface area contributed by atoms with E-state index in [4.69, 9.17) is 36.5 Å². The van der Waals surface area contributed by atoms with Crippen molar-refractivity contribution in [1.29, 1.82) is 0 Å². The third-order valence-corrected chi connectivity index (χ3v) is 9.78. The van der Waals surface area contributed by atoms with Gasteiger partial charge in [0.2, 0.25) is 5.95 Å². The molecule has 0 radical (unpaired) electrons. The highest BCUT2D eigenvalue weighted by molar-refractivity contribution is 7.16. The number of anilines is 2. The van der Waals surface area contributed by atoms with Gasteiger partial charge in [0.15, 0.2) is 30.3 Å². The minimum atomic E-state index is -1.49. The Labute approximate surface area is 281 Å². The van der Waals surface area contributed by atoms with E-state index in [0.29, 0.717) is 22.7 Å². The average Bonchev–Trinajstić information content (AvgIpc) is 3.72. The third-order valence-electron chi connectivity index (χ3n) is 7.85. The lowest BCUT2D eigenvalue weighted by molar-refractivity contribution is -0.152. The summed E-state index contributed by atoms with van der Waals surface area (Å²) in [5, 5.41) is 62.0. The number of ether oxygens (including phenoxy) is 3. The molecular formula is C25H35N9O13S2. The van der Waals surface area contributed by atoms with Gasteiger partial charge in [0.1, 0.15) is 64.7 Å². The second-order valence-electron chi connectivity index (χ2n) is 11.5. The molecule has 22 nitrogen and oxygen atoms in total. The molecule has 0 bridgehead atoms. The number of thiazole rings is 2. The molecule has 0 aliphatic carbocycles. The van der Waals surface area contributed by atoms with Crippen LogP contribution < -0.4 is 37.8 Å². The van der Waals surface area contributed by atoms with Crippen LogP contribution in [0, 0.1) is 5.92 Å². The Hall–Kier alpha value is -3.82. The molecule has 0 saturated carbocycles. The Morgan fingerprint density at radius 3 is 2.16 bits per heavy atom. The molecule has 10 atom stereocenters. The van der Waals surface area contributed by atoms with Crippen molar-refractivity contribution in [3.05, 3.63) is 34.6 Å². The van der Waals surface area contributed by atoms with Gasteiger partial charge in [-0.1, -0.05) is 36.5 Å². The van der Waals surface area contributed by atoms with E-state index in [0.717, 1.165) is 9.13 Å². The quantitative estimate of drug-likeness (QED) is 0.101. The summed E-state index contributed by atoms with van der Waals surface area (Å²) >= 11 is 1.32. The number of aromatic nitrogens is 4. The highest BCUT2D eigenvalue weighted by Crippen LogP contribution is 2.37. The van der Waals surface area contributed by atoms with E-state index in [1.165, 1.54) is 0 Å². The van der Waals surface area contributed by atoms with Crippen LogP contribution in [0.5, 0.6) is 0 Å². The van der Waals surface area contributed by atoms with Crippen molar-refractivity contribution in [2.24, 2.45) is 22.4 Å². The van der Waals surface area contributed by atoms with Crippen molar-refractivity contribution >= 4 is 56.7 Å². The number of rotatable bonds is 7. The fraction of sp³-hybridized carbons (Fsp3) is 0.600. The van der Waals surface area contributed by atoms with Gasteiger partial charge in [-0.25, -0.2) is 4.99 Å². The van der Waals surface area contributed by atoms with E-state index in [2.05, 4.69) is 20.3 Å². The molecule has 49 heavy (non-hydrogen) atoms. The maximum atomic E-state index is 12.4. The van der Waals surface area contributed by atoms with Crippen molar-refractivity contribution in [1.82, 2.24) is 19.1 Å². The number of fused-ring (bicyclic) bond motifs is 2. The normalized spacial score (nSPS) is 30.0. The van der Waals surface area contributed by atoms with Crippen molar-refractivity contribution in [2.45, 2.75) is 75.2 Å². The first kappa shape index (κ1) is 36.5. The topological polar surface area (TPSA) is 358 Å². The Bertz CT molecular complexity index is 1900. The number of carbonyl (C=O) groups is 1. The van der Waals surface area contributed by atoms with Gasteiger partial charge in [-0.05, 0) is 5.92 Å². The molecule has 2 fully saturated rings. The number of aliphatic hydroxyl groups excluding tert-OH is 6. The second-order valence-corrected chi connectivity index (χ2v) is 13.4. The van der Waals surface area contributed by atoms with Crippen LogP contribution in [0.3, 0.4) is 0 Å². The zero-order valence-electron chi connectivity index (χ0n) is 25.6. The summed E-state index contributed by atoms with van der Waals surface area (Å²) in [4.78, 5) is 57.0. The van der Waals surface area contributed by atoms with E-state index in [1.807, 2.05) is 0 Å². The molecule has 3 aliphatic heterocycles. The van der Waals surface area contributed by atoms with Gasteiger partial charge in [-0.3, -0.25) is 33.3 Å². The summed E-state index contributed by atoms with van der Waals surface area (Å²) in [6, 6.07) is -0.835. The number of aliphatic imine (C=N–C) groups is 1. The van der Waals surface area contributed by atoms with Gasteiger partial charge in [0, 0.05) is 0 Å². The molecule has 3 aromatic rings. The molecule has 6 rings (SSSR count). The minimum absolute atomic E-state index is 0.0342. The van der Waals surface area contributed by atoms with Gasteiger partial charge in [0.05, 0.1) is 6.61 Å². The van der Waals surface area contributed by atoms with E-state index >= 15 is 0 Å². The summed E-state index contributed by atoms with van der Waals surface area (Å²) < 4.78 is 18.0. The molecule has 270 valence electrons. The number of esters is 1. The Morgan fingerprint density at radius 2 is 1.55 bits per heavy atom. The first-order chi connectivity index (χ1) is 23.0. The number of aliphatic hydroxyl groups is 6. The van der Waals surface area contributed by atoms with Crippen molar-refractivity contribution < 1.29 is 49.6 Å². The lowest BCUT2D eigenvalue weighted by Crippen LogP contribution is -2.40. The predicted molar refractivity (Wildman–Crippen MR) is 170 cm³/mol. The molecule has 0 spiro atoms. The highest BCUT2D eigenvalue weighted by atomic mass is 32.1. The largest absolute Gasteiger partial charge is 0.462 e. The van der Waals surface area contributed by atoms with Crippen LogP contribution in [0.2, 0.25) is 0 Å². The Morgan fingerprint density at radius 1 is 0.959 bits per heavy atom. The number of nitrogen functional groups attached to an aromatic ring is 1. The lowest BCUT2D eigenvalue weighted by atomic mass is 10.1. The van der Waals surface area contributed by atoms with E-state index in [1.54, 1.807) is 13.8 Å². The van der Waals surface area contributed by atoms with Gasteiger partial charge < -0.3 is 67.4 Å². The number of hydrogen-bond acceptors (Lipinski definition) is 21. The van der Waals surface area contributed by atoms with Crippen LogP contribution in [0.1, 0.15) is 37.4 Å². The zero-order valence-corrected chi connectivity index (χ0v) is 27.3. The fourth-order valence-corrected chi connectivity index (χ4v) is 6.88. The van der Waals surface area contributed by atoms with Gasteiger partial charge >= 0.3 is 15.7 Å². The number of aromatic amines is 1. The summed E-state index contributed by atoms with van der Waals surface area (Å²) in [6.07, 6.45) is -11.7. The Kier molecular flexibility index (Phi) is 10.6. The van der Waals surface area contributed by atoms with Crippen molar-refractivity contribution in [3.63, 3.8) is 0 Å². The number of carbonyl (C=O) groups excluding carboxylic acids is 1. The minimum Gasteiger partial charge on any atom is -0.462 e. The van der Waals surface area contributed by atoms with Crippen LogP contribution in [-0.2, 0) is 19.0 Å². The molecular weight excluding hydrogens is 698 g/mol. The van der Waals surface area contributed by atoms with E-state index in [9.17, 15) is 44.7 Å². The van der Waals surface area contributed by atoms with Crippen LogP contribution >= 0.6 is 22.7 Å². The van der Waals surface area contributed by atoms with Crippen LogP contribution in [-0.4, -0.2) is 118 Å². The number of hydrogen-bond donors (Lipinski definition) is 11. The summed E-state index contributed by atoms with van der Waals surface area (Å²) in [7, 11) is 0. The summed E-state index contributed by atoms with van der Waals surface area (Å²) in [5.41, 5.74) is 16.1. The molecule has 0 amide bonds. The first-order valence-electron chi connectivity index (χ1n) is 14.6. The molecule has 3 aliphatic rings.